The molecule has 2 aliphatic rings. The minimum atomic E-state index is -3.61. The first kappa shape index (κ1) is 19.3. The van der Waals surface area contributed by atoms with Gasteiger partial charge in [-0.2, -0.15) is 4.31 Å². The van der Waals surface area contributed by atoms with Crippen LogP contribution in [0.15, 0.2) is 29.2 Å². The van der Waals surface area contributed by atoms with Crippen molar-refractivity contribution >= 4 is 15.9 Å². The van der Waals surface area contributed by atoms with Gasteiger partial charge in [0.25, 0.3) is 5.91 Å². The van der Waals surface area contributed by atoms with Crippen molar-refractivity contribution < 1.29 is 17.9 Å². The van der Waals surface area contributed by atoms with Crippen LogP contribution < -0.4 is 5.32 Å². The summed E-state index contributed by atoms with van der Waals surface area (Å²) >= 11 is 0. The van der Waals surface area contributed by atoms with Gasteiger partial charge in [-0.1, -0.05) is 6.07 Å². The Bertz CT molecular complexity index is 745. The minimum absolute atomic E-state index is 0.0666. The average Bonchev–Trinajstić information content (AvgIpc) is 3.18. The molecule has 7 nitrogen and oxygen atoms in total. The SMILES string of the molecule is CNC1CCN(C(=O)c2cccc(S(=O)(=O)N3CC[C@H](OC)C3)c2)CC1. The number of amides is 1. The lowest BCUT2D eigenvalue weighted by molar-refractivity contribution is 0.0707. The number of nitrogens with one attached hydrogen (secondary N) is 1. The van der Waals surface area contributed by atoms with E-state index in [0.717, 1.165) is 12.8 Å². The fourth-order valence-corrected chi connectivity index (χ4v) is 5.13. The van der Waals surface area contributed by atoms with Crippen LogP contribution in [0.4, 0.5) is 0 Å². The summed E-state index contributed by atoms with van der Waals surface area (Å²) in [5.41, 5.74) is 0.427. The van der Waals surface area contributed by atoms with E-state index in [1.54, 1.807) is 30.2 Å². The lowest BCUT2D eigenvalue weighted by Gasteiger charge is -2.32. The normalized spacial score (nSPS) is 22.7. The third kappa shape index (κ3) is 3.93. The number of sulfonamides is 1. The molecule has 1 N–H and O–H groups in total. The van der Waals surface area contributed by atoms with Crippen molar-refractivity contribution in [2.75, 3.05) is 40.3 Å². The van der Waals surface area contributed by atoms with E-state index >= 15 is 0 Å². The topological polar surface area (TPSA) is 79.0 Å². The van der Waals surface area contributed by atoms with E-state index in [0.29, 0.717) is 44.2 Å². The fraction of sp³-hybridized carbons (Fsp3) is 0.611. The molecule has 0 aromatic heterocycles. The highest BCUT2D eigenvalue weighted by Crippen LogP contribution is 2.24. The molecule has 144 valence electrons. The maximum Gasteiger partial charge on any atom is 0.253 e. The molecular formula is C18H27N3O4S. The van der Waals surface area contributed by atoms with Gasteiger partial charge in [0, 0.05) is 44.9 Å². The molecule has 8 heteroatoms. The summed E-state index contributed by atoms with van der Waals surface area (Å²) in [5, 5.41) is 3.24. The van der Waals surface area contributed by atoms with Crippen molar-refractivity contribution in [3.63, 3.8) is 0 Å². The first-order chi connectivity index (χ1) is 12.5. The van der Waals surface area contributed by atoms with Crippen LogP contribution in [0.2, 0.25) is 0 Å². The summed E-state index contributed by atoms with van der Waals surface area (Å²) in [5.74, 6) is -0.104. The summed E-state index contributed by atoms with van der Waals surface area (Å²) in [6.45, 7) is 2.16. The zero-order valence-corrected chi connectivity index (χ0v) is 16.2. The number of methoxy groups -OCH3 is 1. The molecule has 0 spiro atoms. The lowest BCUT2D eigenvalue weighted by Crippen LogP contribution is -2.44. The monoisotopic (exact) mass is 381 g/mol. The van der Waals surface area contributed by atoms with Crippen molar-refractivity contribution in [3.05, 3.63) is 29.8 Å². The second-order valence-corrected chi connectivity index (χ2v) is 8.83. The van der Waals surface area contributed by atoms with E-state index in [4.69, 9.17) is 4.74 Å². The zero-order chi connectivity index (χ0) is 18.7. The molecule has 1 aromatic rings. The molecule has 1 aromatic carbocycles. The molecule has 3 rings (SSSR count). The fourth-order valence-electron chi connectivity index (χ4n) is 3.60. The van der Waals surface area contributed by atoms with Crippen molar-refractivity contribution in [2.45, 2.75) is 36.3 Å². The van der Waals surface area contributed by atoms with Crippen LogP contribution in [0.5, 0.6) is 0 Å². The van der Waals surface area contributed by atoms with Crippen LogP contribution in [0.3, 0.4) is 0 Å². The molecule has 2 aliphatic heterocycles. The summed E-state index contributed by atoms with van der Waals surface area (Å²) in [6, 6.07) is 6.83. The van der Waals surface area contributed by atoms with Crippen LogP contribution in [-0.2, 0) is 14.8 Å². The Balaban J connectivity index is 1.75. The molecule has 0 saturated carbocycles. The Morgan fingerprint density at radius 2 is 1.92 bits per heavy atom. The maximum absolute atomic E-state index is 12.9. The second kappa shape index (κ2) is 8.04. The number of rotatable bonds is 5. The first-order valence-corrected chi connectivity index (χ1v) is 10.5. The molecule has 2 fully saturated rings. The van der Waals surface area contributed by atoms with E-state index in [1.807, 2.05) is 7.05 Å². The predicted octanol–water partition coefficient (Wildman–Crippen LogP) is 0.920. The van der Waals surface area contributed by atoms with Gasteiger partial charge in [0.05, 0.1) is 11.0 Å². The Kier molecular flexibility index (Phi) is 5.96. The van der Waals surface area contributed by atoms with Gasteiger partial charge in [0.2, 0.25) is 10.0 Å². The Morgan fingerprint density at radius 1 is 1.19 bits per heavy atom. The molecule has 26 heavy (non-hydrogen) atoms. The van der Waals surface area contributed by atoms with Crippen LogP contribution in [0.25, 0.3) is 0 Å². The number of benzene rings is 1. The third-order valence-corrected chi connectivity index (χ3v) is 7.21. The van der Waals surface area contributed by atoms with Crippen molar-refractivity contribution in [2.24, 2.45) is 0 Å². The highest BCUT2D eigenvalue weighted by Gasteiger charge is 2.33. The van der Waals surface area contributed by atoms with Gasteiger partial charge in [-0.25, -0.2) is 8.42 Å². The highest BCUT2D eigenvalue weighted by atomic mass is 32.2. The number of hydrogen-bond acceptors (Lipinski definition) is 5. The van der Waals surface area contributed by atoms with Gasteiger partial charge in [0.1, 0.15) is 0 Å². The molecule has 0 unspecified atom stereocenters. The third-order valence-electron chi connectivity index (χ3n) is 5.35. The largest absolute Gasteiger partial charge is 0.380 e. The van der Waals surface area contributed by atoms with E-state index in [2.05, 4.69) is 5.32 Å². The smallest absolute Gasteiger partial charge is 0.253 e. The molecule has 1 atom stereocenters. The predicted molar refractivity (Wildman–Crippen MR) is 98.6 cm³/mol. The molecule has 1 amide bonds. The van der Waals surface area contributed by atoms with Crippen LogP contribution in [-0.4, -0.2) is 76.0 Å². The molecule has 0 bridgehead atoms. The van der Waals surface area contributed by atoms with Gasteiger partial charge in [-0.15, -0.1) is 0 Å². The highest BCUT2D eigenvalue weighted by molar-refractivity contribution is 7.89. The van der Waals surface area contributed by atoms with Crippen LogP contribution in [0, 0.1) is 0 Å². The number of likely N-dealkylation sites (tertiary alicyclic amines) is 1. The Hall–Kier alpha value is -1.48. The quantitative estimate of drug-likeness (QED) is 0.821. The number of piperidine rings is 1. The molecule has 0 aliphatic carbocycles. The minimum Gasteiger partial charge on any atom is -0.380 e. The van der Waals surface area contributed by atoms with Crippen molar-refractivity contribution in [1.29, 1.82) is 0 Å². The number of carbonyl (C=O) groups is 1. The van der Waals surface area contributed by atoms with E-state index in [1.165, 1.54) is 10.4 Å². The van der Waals surface area contributed by atoms with Crippen molar-refractivity contribution in [1.82, 2.24) is 14.5 Å². The summed E-state index contributed by atoms with van der Waals surface area (Å²) in [7, 11) is -0.0805. The molecule has 2 heterocycles. The van der Waals surface area contributed by atoms with Gasteiger partial charge in [-0.3, -0.25) is 4.79 Å². The van der Waals surface area contributed by atoms with E-state index in [-0.39, 0.29) is 16.9 Å². The Labute approximate surface area is 155 Å². The second-order valence-electron chi connectivity index (χ2n) is 6.89. The maximum atomic E-state index is 12.9. The lowest BCUT2D eigenvalue weighted by atomic mass is 10.0. The standard InChI is InChI=1S/C18H27N3O4S/c1-19-15-6-9-20(10-7-15)18(22)14-4-3-5-17(12-14)26(23,24)21-11-8-16(13-21)25-2/h3-5,12,15-16,19H,6-11,13H2,1-2H3/t16-/m0/s1. The number of nitrogens with zero attached hydrogens (tertiary/aromatic N) is 2. The van der Waals surface area contributed by atoms with Gasteiger partial charge in [-0.05, 0) is 44.5 Å². The summed E-state index contributed by atoms with van der Waals surface area (Å²) in [6.07, 6.45) is 2.44. The Morgan fingerprint density at radius 3 is 2.54 bits per heavy atom. The van der Waals surface area contributed by atoms with Gasteiger partial charge in [0.15, 0.2) is 0 Å². The van der Waals surface area contributed by atoms with Crippen LogP contribution >= 0.6 is 0 Å². The zero-order valence-electron chi connectivity index (χ0n) is 15.3. The summed E-state index contributed by atoms with van der Waals surface area (Å²) < 4.78 is 32.4. The molecule has 2 saturated heterocycles. The summed E-state index contributed by atoms with van der Waals surface area (Å²) in [4.78, 5) is 14.7. The average molecular weight is 381 g/mol. The van der Waals surface area contributed by atoms with Crippen LogP contribution in [0.1, 0.15) is 29.6 Å². The number of ether oxygens (including phenoxy) is 1. The van der Waals surface area contributed by atoms with E-state index in [9.17, 15) is 13.2 Å². The number of hydrogen-bond donors (Lipinski definition) is 1. The van der Waals surface area contributed by atoms with Crippen molar-refractivity contribution in [3.8, 4) is 0 Å². The van der Waals surface area contributed by atoms with E-state index < -0.39 is 10.0 Å². The van der Waals surface area contributed by atoms with Gasteiger partial charge >= 0.3 is 0 Å². The molecular weight excluding hydrogens is 354 g/mol. The van der Waals surface area contributed by atoms with Gasteiger partial charge < -0.3 is 15.0 Å². The number of carbonyl (C=O) groups excluding carboxylic acids is 1. The molecule has 0 radical (unpaired) electrons. The first-order valence-electron chi connectivity index (χ1n) is 9.05.